The van der Waals surface area contributed by atoms with Crippen molar-refractivity contribution in [1.29, 1.82) is 0 Å². The van der Waals surface area contributed by atoms with Gasteiger partial charge in [-0.2, -0.15) is 0 Å². The molecule has 0 aliphatic carbocycles. The van der Waals surface area contributed by atoms with Crippen molar-refractivity contribution >= 4 is 22.6 Å². The van der Waals surface area contributed by atoms with Crippen molar-refractivity contribution in [2.45, 2.75) is 0 Å². The zero-order chi connectivity index (χ0) is 11.0. The van der Waals surface area contributed by atoms with Crippen LogP contribution in [0.2, 0.25) is 0 Å². The van der Waals surface area contributed by atoms with Gasteiger partial charge >= 0.3 is 11.7 Å². The molecule has 0 saturated heterocycles. The summed E-state index contributed by atoms with van der Waals surface area (Å²) < 4.78 is 4.90. The fraction of sp³-hybridized carbons (Fsp3) is 0. The highest BCUT2D eigenvalue weighted by atomic mass is 16.6. The molecule has 0 saturated carbocycles. The van der Waals surface area contributed by atoms with Crippen LogP contribution >= 0.6 is 0 Å². The quantitative estimate of drug-likeness (QED) is 0.600. The number of nitro benzene ring substituents is 1. The van der Waals surface area contributed by atoms with Gasteiger partial charge in [0.1, 0.15) is 0 Å². The molecule has 0 radical (unpaired) electrons. The van der Waals surface area contributed by atoms with Crippen molar-refractivity contribution in [2.24, 2.45) is 0 Å². The first-order valence-corrected chi connectivity index (χ1v) is 3.99. The predicted molar refractivity (Wildman–Crippen MR) is 49.8 cm³/mol. The van der Waals surface area contributed by atoms with E-state index in [9.17, 15) is 14.9 Å². The Bertz CT molecular complexity index is 509. The topological polar surface area (TPSA) is 93.6 Å². The van der Waals surface area contributed by atoms with Crippen molar-refractivity contribution in [2.75, 3.05) is 0 Å². The number of rotatable bonds is 2. The van der Waals surface area contributed by atoms with E-state index in [4.69, 9.17) is 9.52 Å². The van der Waals surface area contributed by atoms with E-state index in [2.05, 4.69) is 0 Å². The van der Waals surface area contributed by atoms with Crippen LogP contribution in [0.3, 0.4) is 0 Å². The van der Waals surface area contributed by atoms with E-state index in [0.717, 1.165) is 6.07 Å². The minimum atomic E-state index is -1.14. The van der Waals surface area contributed by atoms with E-state index in [-0.39, 0.29) is 22.2 Å². The molecule has 0 bridgehead atoms. The molecule has 2 rings (SSSR count). The Labute approximate surface area is 82.9 Å². The first-order valence-electron chi connectivity index (χ1n) is 3.99. The maximum absolute atomic E-state index is 10.8. The minimum Gasteiger partial charge on any atom is -0.478 e. The molecule has 1 aromatic carbocycles. The second-order valence-electron chi connectivity index (χ2n) is 2.86. The lowest BCUT2D eigenvalue weighted by Gasteiger charge is -1.96. The standard InChI is InChI=1S/C9H5NO5/c11-9(12)6-1-2-7(10(13)14)8-5(6)3-4-15-8/h1-4H,(H,11,12). The van der Waals surface area contributed by atoms with Crippen LogP contribution in [0.15, 0.2) is 28.9 Å². The average Bonchev–Trinajstić information content (AvgIpc) is 2.63. The fourth-order valence-corrected chi connectivity index (χ4v) is 1.38. The van der Waals surface area contributed by atoms with Gasteiger partial charge in [-0.25, -0.2) is 4.79 Å². The third kappa shape index (κ3) is 1.32. The van der Waals surface area contributed by atoms with Crippen molar-refractivity contribution < 1.29 is 19.2 Å². The minimum absolute atomic E-state index is 0.00986. The highest BCUT2D eigenvalue weighted by Gasteiger charge is 2.19. The smallest absolute Gasteiger partial charge is 0.336 e. The number of carbonyl (C=O) groups is 1. The predicted octanol–water partition coefficient (Wildman–Crippen LogP) is 2.04. The number of furan rings is 1. The van der Waals surface area contributed by atoms with Crippen molar-refractivity contribution in [3.63, 3.8) is 0 Å². The summed E-state index contributed by atoms with van der Waals surface area (Å²) >= 11 is 0. The van der Waals surface area contributed by atoms with E-state index in [1.807, 2.05) is 0 Å². The molecular formula is C9H5NO5. The maximum atomic E-state index is 10.8. The molecule has 0 aliphatic rings. The van der Waals surface area contributed by atoms with Crippen LogP contribution in [-0.2, 0) is 0 Å². The zero-order valence-electron chi connectivity index (χ0n) is 7.34. The van der Waals surface area contributed by atoms with E-state index >= 15 is 0 Å². The number of nitrogens with zero attached hydrogens (tertiary/aromatic N) is 1. The SMILES string of the molecule is O=C(O)c1ccc([N+](=O)[O-])c2occc12. The van der Waals surface area contributed by atoms with Crippen LogP contribution < -0.4 is 0 Å². The Hall–Kier alpha value is -2.37. The normalized spacial score (nSPS) is 10.4. The van der Waals surface area contributed by atoms with Crippen LogP contribution in [-0.4, -0.2) is 16.0 Å². The average molecular weight is 207 g/mol. The van der Waals surface area contributed by atoms with Crippen LogP contribution in [0.4, 0.5) is 5.69 Å². The van der Waals surface area contributed by atoms with Gasteiger partial charge in [-0.15, -0.1) is 0 Å². The molecule has 1 heterocycles. The Morgan fingerprint density at radius 3 is 2.73 bits per heavy atom. The Kier molecular flexibility index (Phi) is 1.89. The number of benzene rings is 1. The molecule has 15 heavy (non-hydrogen) atoms. The summed E-state index contributed by atoms with van der Waals surface area (Å²) in [6, 6.07) is 3.71. The molecule has 1 N–H and O–H groups in total. The summed E-state index contributed by atoms with van der Waals surface area (Å²) in [5, 5.41) is 19.6. The third-order valence-electron chi connectivity index (χ3n) is 2.02. The van der Waals surface area contributed by atoms with Crippen LogP contribution in [0.25, 0.3) is 11.0 Å². The Balaban J connectivity index is 2.82. The summed E-state index contributed by atoms with van der Waals surface area (Å²) in [4.78, 5) is 20.8. The molecule has 0 aliphatic heterocycles. The summed E-state index contributed by atoms with van der Waals surface area (Å²) in [6.45, 7) is 0. The van der Waals surface area contributed by atoms with Gasteiger partial charge in [-0.05, 0) is 12.1 Å². The van der Waals surface area contributed by atoms with Crippen LogP contribution in [0, 0.1) is 10.1 Å². The van der Waals surface area contributed by atoms with Gasteiger partial charge < -0.3 is 9.52 Å². The number of non-ortho nitro benzene ring substituents is 1. The first-order chi connectivity index (χ1) is 7.11. The molecule has 0 unspecified atom stereocenters. The number of aromatic carboxylic acids is 1. The van der Waals surface area contributed by atoms with Crippen LogP contribution in [0.5, 0.6) is 0 Å². The Morgan fingerprint density at radius 1 is 1.40 bits per heavy atom. The molecule has 0 amide bonds. The molecule has 2 aromatic rings. The highest BCUT2D eigenvalue weighted by Crippen LogP contribution is 2.29. The van der Waals surface area contributed by atoms with Crippen molar-refractivity contribution in [1.82, 2.24) is 0 Å². The molecule has 6 heteroatoms. The number of hydrogen-bond donors (Lipinski definition) is 1. The molecular weight excluding hydrogens is 202 g/mol. The third-order valence-corrected chi connectivity index (χ3v) is 2.02. The van der Waals surface area contributed by atoms with Gasteiger partial charge in [0.15, 0.2) is 0 Å². The summed E-state index contributed by atoms with van der Waals surface area (Å²) in [5.41, 5.74) is -0.260. The molecule has 76 valence electrons. The van der Waals surface area contributed by atoms with Crippen LogP contribution in [0.1, 0.15) is 10.4 Å². The van der Waals surface area contributed by atoms with Crippen molar-refractivity contribution in [3.05, 3.63) is 40.1 Å². The van der Waals surface area contributed by atoms with Gasteiger partial charge in [0, 0.05) is 11.5 Å². The fourth-order valence-electron chi connectivity index (χ4n) is 1.38. The zero-order valence-corrected chi connectivity index (χ0v) is 7.34. The molecule has 0 atom stereocenters. The second kappa shape index (κ2) is 3.09. The lowest BCUT2D eigenvalue weighted by Crippen LogP contribution is -1.98. The second-order valence-corrected chi connectivity index (χ2v) is 2.86. The maximum Gasteiger partial charge on any atom is 0.336 e. The molecule has 6 nitrogen and oxygen atoms in total. The number of nitro groups is 1. The summed E-state index contributed by atoms with van der Waals surface area (Å²) in [6.07, 6.45) is 1.23. The summed E-state index contributed by atoms with van der Waals surface area (Å²) in [7, 11) is 0. The lowest BCUT2D eigenvalue weighted by atomic mass is 10.1. The Morgan fingerprint density at radius 2 is 2.13 bits per heavy atom. The summed E-state index contributed by atoms with van der Waals surface area (Å²) in [5.74, 6) is -1.14. The number of hydrogen-bond acceptors (Lipinski definition) is 4. The molecule has 1 aromatic heterocycles. The van der Waals surface area contributed by atoms with E-state index in [1.165, 1.54) is 18.4 Å². The van der Waals surface area contributed by atoms with Gasteiger partial charge in [-0.3, -0.25) is 10.1 Å². The van der Waals surface area contributed by atoms with Gasteiger partial charge in [0.2, 0.25) is 5.58 Å². The highest BCUT2D eigenvalue weighted by molar-refractivity contribution is 6.04. The van der Waals surface area contributed by atoms with Gasteiger partial charge in [0.05, 0.1) is 16.7 Å². The van der Waals surface area contributed by atoms with E-state index in [0.29, 0.717) is 0 Å². The number of fused-ring (bicyclic) bond motifs is 1. The van der Waals surface area contributed by atoms with Gasteiger partial charge in [-0.1, -0.05) is 0 Å². The largest absolute Gasteiger partial charge is 0.478 e. The van der Waals surface area contributed by atoms with Gasteiger partial charge in [0.25, 0.3) is 0 Å². The monoisotopic (exact) mass is 207 g/mol. The number of carboxylic acids is 1. The number of carboxylic acid groups (broad SMARTS) is 1. The first kappa shape index (κ1) is 9.20. The van der Waals surface area contributed by atoms with E-state index < -0.39 is 10.9 Å². The lowest BCUT2D eigenvalue weighted by molar-refractivity contribution is -0.383. The molecule has 0 spiro atoms. The van der Waals surface area contributed by atoms with E-state index in [1.54, 1.807) is 0 Å². The molecule has 0 fully saturated rings. The van der Waals surface area contributed by atoms with Crippen molar-refractivity contribution in [3.8, 4) is 0 Å².